The number of hydrogen-bond acceptors (Lipinski definition) is 1. The summed E-state index contributed by atoms with van der Waals surface area (Å²) in [7, 11) is 0. The minimum Gasteiger partial charge on any atom is -0.310 e. The number of nitrogens with zero attached hydrogens (tertiary/aromatic N) is 1. The van der Waals surface area contributed by atoms with Crippen molar-refractivity contribution in [1.82, 2.24) is 0 Å². The fourth-order valence-electron chi connectivity index (χ4n) is 11.7. The number of benzene rings is 9. The Bertz CT molecular complexity index is 3160. The van der Waals surface area contributed by atoms with Crippen LogP contribution >= 0.6 is 0 Å². The van der Waals surface area contributed by atoms with E-state index in [1.807, 2.05) is 0 Å². The van der Waals surface area contributed by atoms with Crippen LogP contribution in [0.25, 0.3) is 66.1 Å². The zero-order valence-corrected chi connectivity index (χ0v) is 34.4. The monoisotopic (exact) mass is 769 g/mol. The first-order valence-electron chi connectivity index (χ1n) is 21.9. The average Bonchev–Trinajstić information content (AvgIpc) is 3.70. The molecule has 288 valence electrons. The van der Waals surface area contributed by atoms with Gasteiger partial charge in [0.1, 0.15) is 0 Å². The molecule has 9 aromatic rings. The second-order valence-electron chi connectivity index (χ2n) is 17.9. The van der Waals surface area contributed by atoms with E-state index in [1.165, 1.54) is 126 Å². The lowest BCUT2D eigenvalue weighted by atomic mass is 9.68. The van der Waals surface area contributed by atoms with E-state index in [4.69, 9.17) is 0 Å². The van der Waals surface area contributed by atoms with Gasteiger partial charge in [0, 0.05) is 27.9 Å². The minimum absolute atomic E-state index is 0.0708. The third-order valence-electron chi connectivity index (χ3n) is 14.4. The SMILES string of the molecule is CC1(C)c2ccccc2-c2cccc(-c3ccc(N(c4cccc(-c5cccc6c5ccc5ccccc56)c4)c4ccc5c(c4)C4(CCCCC4)c4ccccc4-5)cc3)c21. The molecule has 0 aliphatic heterocycles. The van der Waals surface area contributed by atoms with Gasteiger partial charge >= 0.3 is 0 Å². The van der Waals surface area contributed by atoms with Crippen LogP contribution in [0.2, 0.25) is 0 Å². The maximum absolute atomic E-state index is 2.55. The van der Waals surface area contributed by atoms with Gasteiger partial charge in [0.05, 0.1) is 0 Å². The average molecular weight is 770 g/mol. The summed E-state index contributed by atoms with van der Waals surface area (Å²) >= 11 is 0. The molecule has 1 saturated carbocycles. The highest BCUT2D eigenvalue weighted by molar-refractivity contribution is 6.12. The Kier molecular flexibility index (Phi) is 7.88. The molecule has 1 fully saturated rings. The second kappa shape index (κ2) is 13.4. The highest BCUT2D eigenvalue weighted by Gasteiger charge is 2.44. The quantitative estimate of drug-likeness (QED) is 0.158. The van der Waals surface area contributed by atoms with Gasteiger partial charge in [-0.3, -0.25) is 0 Å². The zero-order chi connectivity index (χ0) is 40.0. The first-order valence-corrected chi connectivity index (χ1v) is 21.9. The molecule has 0 heterocycles. The smallest absolute Gasteiger partial charge is 0.0467 e. The van der Waals surface area contributed by atoms with Crippen molar-refractivity contribution in [1.29, 1.82) is 0 Å². The number of fused-ring (bicyclic) bond motifs is 11. The zero-order valence-electron chi connectivity index (χ0n) is 34.4. The van der Waals surface area contributed by atoms with Crippen molar-refractivity contribution in [2.24, 2.45) is 0 Å². The fraction of sp³-hybridized carbons (Fsp3) is 0.153. The Morgan fingerprint density at radius 2 is 0.983 bits per heavy atom. The van der Waals surface area contributed by atoms with E-state index >= 15 is 0 Å². The van der Waals surface area contributed by atoms with Crippen LogP contribution in [-0.4, -0.2) is 0 Å². The Balaban J connectivity index is 1.02. The van der Waals surface area contributed by atoms with Crippen molar-refractivity contribution in [3.8, 4) is 44.5 Å². The van der Waals surface area contributed by atoms with E-state index in [2.05, 4.69) is 207 Å². The van der Waals surface area contributed by atoms with Crippen molar-refractivity contribution < 1.29 is 0 Å². The molecule has 3 aliphatic rings. The van der Waals surface area contributed by atoms with Crippen LogP contribution in [-0.2, 0) is 10.8 Å². The van der Waals surface area contributed by atoms with E-state index in [0.717, 1.165) is 11.4 Å². The van der Waals surface area contributed by atoms with Crippen LogP contribution in [0.1, 0.15) is 68.2 Å². The Morgan fingerprint density at radius 3 is 1.83 bits per heavy atom. The highest BCUT2D eigenvalue weighted by Crippen LogP contribution is 2.57. The molecule has 9 aromatic carbocycles. The summed E-state index contributed by atoms with van der Waals surface area (Å²) in [4.78, 5) is 2.50. The summed E-state index contributed by atoms with van der Waals surface area (Å²) in [5, 5.41) is 5.13. The normalized spacial score (nSPS) is 15.4. The van der Waals surface area contributed by atoms with E-state index < -0.39 is 0 Å². The standard InChI is InChI=1S/C59H47N/c1-58(2)54-25-8-6-20-51(54)53-24-14-22-47(57(53)58)40-27-30-42(31-28-40)60(44-32-34-52-50-19-7-9-26-55(50)59(56(52)38-44)35-10-3-11-36-59)43-17-12-16-41(37-43)46-21-13-23-48-45-18-5-4-15-39(45)29-33-49(46)48/h4-9,12-34,37-38H,3,10-11,35-36H2,1-2H3. The molecule has 3 aliphatic carbocycles. The van der Waals surface area contributed by atoms with Gasteiger partial charge in [-0.15, -0.1) is 0 Å². The summed E-state index contributed by atoms with van der Waals surface area (Å²) in [6.45, 7) is 4.77. The van der Waals surface area contributed by atoms with Gasteiger partial charge < -0.3 is 4.90 Å². The maximum Gasteiger partial charge on any atom is 0.0467 e. The number of anilines is 3. The molecular weight excluding hydrogens is 723 g/mol. The Morgan fingerprint density at radius 1 is 0.367 bits per heavy atom. The molecule has 60 heavy (non-hydrogen) atoms. The molecule has 0 saturated heterocycles. The van der Waals surface area contributed by atoms with Crippen molar-refractivity contribution in [2.75, 3.05) is 4.90 Å². The van der Waals surface area contributed by atoms with Gasteiger partial charge in [-0.05, 0) is 138 Å². The van der Waals surface area contributed by atoms with E-state index in [0.29, 0.717) is 0 Å². The molecule has 12 rings (SSSR count). The molecule has 1 spiro atoms. The second-order valence-corrected chi connectivity index (χ2v) is 17.9. The summed E-state index contributed by atoms with van der Waals surface area (Å²) in [6, 6.07) is 71.1. The molecule has 0 bridgehead atoms. The van der Waals surface area contributed by atoms with Crippen molar-refractivity contribution in [3.63, 3.8) is 0 Å². The number of hydrogen-bond donors (Lipinski definition) is 0. The molecule has 0 radical (unpaired) electrons. The first kappa shape index (κ1) is 35.3. The molecule has 0 unspecified atom stereocenters. The van der Waals surface area contributed by atoms with Crippen LogP contribution in [0.15, 0.2) is 188 Å². The lowest BCUT2D eigenvalue weighted by Crippen LogP contribution is -2.28. The predicted octanol–water partition coefficient (Wildman–Crippen LogP) is 16.3. The summed E-state index contributed by atoms with van der Waals surface area (Å²) in [5.41, 5.74) is 19.9. The largest absolute Gasteiger partial charge is 0.310 e. The molecule has 1 nitrogen and oxygen atoms in total. The number of rotatable bonds is 5. The van der Waals surface area contributed by atoms with Crippen LogP contribution in [0.5, 0.6) is 0 Å². The van der Waals surface area contributed by atoms with Gasteiger partial charge in [0.15, 0.2) is 0 Å². The summed E-state index contributed by atoms with van der Waals surface area (Å²) in [6.07, 6.45) is 6.29. The minimum atomic E-state index is -0.0847. The van der Waals surface area contributed by atoms with Gasteiger partial charge in [-0.25, -0.2) is 0 Å². The Hall–Kier alpha value is -6.70. The molecule has 1 heteroatoms. The maximum atomic E-state index is 2.55. The van der Waals surface area contributed by atoms with Gasteiger partial charge in [0.2, 0.25) is 0 Å². The topological polar surface area (TPSA) is 3.24 Å². The van der Waals surface area contributed by atoms with Gasteiger partial charge in [0.25, 0.3) is 0 Å². The first-order chi connectivity index (χ1) is 29.5. The molecule has 0 atom stereocenters. The van der Waals surface area contributed by atoms with Crippen LogP contribution in [0.4, 0.5) is 17.1 Å². The van der Waals surface area contributed by atoms with Crippen molar-refractivity contribution in [2.45, 2.75) is 56.8 Å². The summed E-state index contributed by atoms with van der Waals surface area (Å²) in [5.74, 6) is 0. The molecule has 0 aromatic heterocycles. The predicted molar refractivity (Wildman–Crippen MR) is 254 cm³/mol. The van der Waals surface area contributed by atoms with Crippen LogP contribution in [0, 0.1) is 0 Å². The van der Waals surface area contributed by atoms with Crippen molar-refractivity contribution in [3.05, 3.63) is 210 Å². The van der Waals surface area contributed by atoms with Crippen LogP contribution in [0.3, 0.4) is 0 Å². The lowest BCUT2D eigenvalue weighted by molar-refractivity contribution is 0.353. The van der Waals surface area contributed by atoms with Crippen molar-refractivity contribution >= 4 is 38.6 Å². The molecular formula is C59H47N. The van der Waals surface area contributed by atoms with E-state index in [9.17, 15) is 0 Å². The lowest BCUT2D eigenvalue weighted by Gasteiger charge is -2.36. The highest BCUT2D eigenvalue weighted by atomic mass is 15.1. The third-order valence-corrected chi connectivity index (χ3v) is 14.4. The molecule has 0 amide bonds. The van der Waals surface area contributed by atoms with Gasteiger partial charge in [-0.1, -0.05) is 185 Å². The van der Waals surface area contributed by atoms with Gasteiger partial charge in [-0.2, -0.15) is 0 Å². The Labute approximate surface area is 353 Å². The molecule has 0 N–H and O–H groups in total. The summed E-state index contributed by atoms with van der Waals surface area (Å²) < 4.78 is 0. The van der Waals surface area contributed by atoms with E-state index in [1.54, 1.807) is 0 Å². The third kappa shape index (κ3) is 5.18. The fourth-order valence-corrected chi connectivity index (χ4v) is 11.7. The van der Waals surface area contributed by atoms with E-state index in [-0.39, 0.29) is 10.8 Å². The van der Waals surface area contributed by atoms with Crippen LogP contribution < -0.4 is 4.90 Å².